The Labute approximate surface area is 134 Å². The largest absolute Gasteiger partial charge is 0.507 e. The molecule has 5 nitrogen and oxygen atoms in total. The predicted octanol–water partition coefficient (Wildman–Crippen LogP) is 3.61. The second-order valence-electron chi connectivity index (χ2n) is 6.02. The average molecular weight is 310 g/mol. The summed E-state index contributed by atoms with van der Waals surface area (Å²) in [4.78, 5) is 4.58. The van der Waals surface area contributed by atoms with E-state index >= 15 is 0 Å². The zero-order valence-corrected chi connectivity index (χ0v) is 13.1. The Balaban J connectivity index is 1.74. The van der Waals surface area contributed by atoms with Crippen molar-refractivity contribution in [1.82, 2.24) is 10.1 Å². The number of allylic oxidation sites excluding steroid dienone is 4. The van der Waals surface area contributed by atoms with Crippen molar-refractivity contribution in [2.24, 2.45) is 5.92 Å². The highest BCUT2D eigenvalue weighted by molar-refractivity contribution is 5.64. The van der Waals surface area contributed by atoms with Gasteiger partial charge in [0.15, 0.2) is 5.82 Å². The number of phenols is 1. The number of hydrogen-bond acceptors (Lipinski definition) is 5. The molecule has 1 fully saturated rings. The number of rotatable bonds is 4. The van der Waals surface area contributed by atoms with Gasteiger partial charge in [0.05, 0.1) is 18.1 Å². The van der Waals surface area contributed by atoms with Gasteiger partial charge in [-0.05, 0) is 37.0 Å². The smallest absolute Gasteiger partial charge is 0.261 e. The Morgan fingerprint density at radius 3 is 3.09 bits per heavy atom. The highest BCUT2D eigenvalue weighted by Gasteiger charge is 2.59. The second kappa shape index (κ2) is 4.98. The van der Waals surface area contributed by atoms with Crippen LogP contribution in [0.3, 0.4) is 0 Å². The predicted molar refractivity (Wildman–Crippen MR) is 85.2 cm³/mol. The molecular formula is C18H18N2O3. The summed E-state index contributed by atoms with van der Waals surface area (Å²) in [5.74, 6) is 2.21. The van der Waals surface area contributed by atoms with E-state index in [1.54, 1.807) is 25.3 Å². The van der Waals surface area contributed by atoms with Gasteiger partial charge in [-0.15, -0.1) is 0 Å². The zero-order chi connectivity index (χ0) is 16.0. The Kier molecular flexibility index (Phi) is 3.04. The third kappa shape index (κ3) is 2.00. The number of aromatic hydroxyl groups is 1. The molecule has 2 atom stereocenters. The minimum atomic E-state index is -0.111. The van der Waals surface area contributed by atoms with Gasteiger partial charge in [0.25, 0.3) is 5.89 Å². The molecule has 118 valence electrons. The Morgan fingerprint density at radius 2 is 2.30 bits per heavy atom. The number of fused-ring (bicyclic) bond motifs is 1. The third-order valence-electron chi connectivity index (χ3n) is 4.87. The van der Waals surface area contributed by atoms with Crippen LogP contribution in [0, 0.1) is 5.92 Å². The van der Waals surface area contributed by atoms with Crippen molar-refractivity contribution in [3.05, 3.63) is 47.8 Å². The van der Waals surface area contributed by atoms with Crippen molar-refractivity contribution in [1.29, 1.82) is 0 Å². The maximum atomic E-state index is 10.1. The van der Waals surface area contributed by atoms with Crippen LogP contribution in [0.1, 0.15) is 25.6 Å². The number of phenolic OH excluding ortho intramolecular Hbond substituents is 1. The number of aromatic nitrogens is 2. The molecule has 1 heterocycles. The lowest BCUT2D eigenvalue weighted by Crippen LogP contribution is -2.16. The Morgan fingerprint density at radius 1 is 1.43 bits per heavy atom. The van der Waals surface area contributed by atoms with Gasteiger partial charge in [0.1, 0.15) is 11.5 Å². The number of hydrogen-bond donors (Lipinski definition) is 1. The van der Waals surface area contributed by atoms with Gasteiger partial charge in [0.2, 0.25) is 0 Å². The van der Waals surface area contributed by atoms with E-state index in [1.807, 2.05) is 0 Å². The first kappa shape index (κ1) is 14.1. The lowest BCUT2D eigenvalue weighted by molar-refractivity contribution is 0.404. The van der Waals surface area contributed by atoms with E-state index in [9.17, 15) is 5.11 Å². The molecule has 1 N–H and O–H groups in total. The molecule has 0 spiro atoms. The fourth-order valence-corrected chi connectivity index (χ4v) is 3.51. The third-order valence-corrected chi connectivity index (χ3v) is 4.87. The summed E-state index contributed by atoms with van der Waals surface area (Å²) >= 11 is 0. The highest BCUT2D eigenvalue weighted by atomic mass is 16.5. The molecule has 2 aliphatic rings. The van der Waals surface area contributed by atoms with E-state index in [0.717, 1.165) is 12.8 Å². The van der Waals surface area contributed by atoms with Gasteiger partial charge < -0.3 is 14.4 Å². The molecule has 0 saturated heterocycles. The average Bonchev–Trinajstić information content (AvgIpc) is 3.14. The number of methoxy groups -OCH3 is 1. The first-order valence-corrected chi connectivity index (χ1v) is 7.78. The lowest BCUT2D eigenvalue weighted by atomic mass is 9.87. The van der Waals surface area contributed by atoms with E-state index in [4.69, 9.17) is 9.26 Å². The minimum Gasteiger partial charge on any atom is -0.507 e. The Hall–Kier alpha value is -2.56. The molecule has 1 saturated carbocycles. The number of benzene rings is 1. The lowest BCUT2D eigenvalue weighted by Gasteiger charge is -2.17. The molecule has 2 aromatic rings. The SMILES string of the molecule is CCC1=CC=CC2CC12c1noc(-c2cc(OC)ccc2O)n1. The molecule has 0 aliphatic heterocycles. The summed E-state index contributed by atoms with van der Waals surface area (Å²) in [5.41, 5.74) is 1.72. The first-order chi connectivity index (χ1) is 11.2. The van der Waals surface area contributed by atoms with Crippen LogP contribution in [0.2, 0.25) is 0 Å². The van der Waals surface area contributed by atoms with Gasteiger partial charge in [0, 0.05) is 0 Å². The van der Waals surface area contributed by atoms with Gasteiger partial charge >= 0.3 is 0 Å². The molecular weight excluding hydrogens is 292 g/mol. The fourth-order valence-electron chi connectivity index (χ4n) is 3.51. The molecule has 0 radical (unpaired) electrons. The maximum Gasteiger partial charge on any atom is 0.261 e. The monoisotopic (exact) mass is 310 g/mol. The molecule has 5 heteroatoms. The van der Waals surface area contributed by atoms with Crippen LogP contribution in [0.15, 0.2) is 46.5 Å². The zero-order valence-electron chi connectivity index (χ0n) is 13.1. The van der Waals surface area contributed by atoms with Crippen LogP contribution < -0.4 is 4.74 Å². The summed E-state index contributed by atoms with van der Waals surface area (Å²) in [5, 5.41) is 14.3. The van der Waals surface area contributed by atoms with E-state index in [-0.39, 0.29) is 11.2 Å². The number of nitrogens with zero attached hydrogens (tertiary/aromatic N) is 2. The molecule has 0 bridgehead atoms. The van der Waals surface area contributed by atoms with E-state index in [0.29, 0.717) is 28.9 Å². The van der Waals surface area contributed by atoms with Crippen LogP contribution in [-0.2, 0) is 5.41 Å². The Bertz CT molecular complexity index is 821. The second-order valence-corrected chi connectivity index (χ2v) is 6.02. The van der Waals surface area contributed by atoms with E-state index < -0.39 is 0 Å². The molecule has 23 heavy (non-hydrogen) atoms. The van der Waals surface area contributed by atoms with Crippen LogP contribution in [0.4, 0.5) is 0 Å². The van der Waals surface area contributed by atoms with E-state index in [1.165, 1.54) is 5.57 Å². The normalized spacial score (nSPS) is 25.0. The molecule has 1 aromatic heterocycles. The highest BCUT2D eigenvalue weighted by Crippen LogP contribution is 2.61. The maximum absolute atomic E-state index is 10.1. The van der Waals surface area contributed by atoms with Crippen LogP contribution >= 0.6 is 0 Å². The summed E-state index contributed by atoms with van der Waals surface area (Å²) in [7, 11) is 1.58. The van der Waals surface area contributed by atoms with Crippen molar-refractivity contribution in [3.8, 4) is 23.0 Å². The van der Waals surface area contributed by atoms with Crippen molar-refractivity contribution in [3.63, 3.8) is 0 Å². The van der Waals surface area contributed by atoms with Crippen LogP contribution in [-0.4, -0.2) is 22.4 Å². The van der Waals surface area contributed by atoms with Gasteiger partial charge in [-0.1, -0.05) is 35.9 Å². The summed E-state index contributed by atoms with van der Waals surface area (Å²) in [6.45, 7) is 2.15. The first-order valence-electron chi connectivity index (χ1n) is 7.78. The van der Waals surface area contributed by atoms with Crippen molar-refractivity contribution >= 4 is 0 Å². The fraction of sp³-hybridized carbons (Fsp3) is 0.333. The molecule has 2 unspecified atom stereocenters. The standard InChI is InChI=1S/C18H18N2O3/c1-3-11-5-4-6-12-10-18(11,12)17-19-16(23-20-17)14-9-13(22-2)7-8-15(14)21/h4-9,12,21H,3,10H2,1-2H3. The van der Waals surface area contributed by atoms with Crippen LogP contribution in [0.25, 0.3) is 11.5 Å². The summed E-state index contributed by atoms with van der Waals surface area (Å²) < 4.78 is 10.6. The molecule has 1 aromatic carbocycles. The topological polar surface area (TPSA) is 68.4 Å². The van der Waals surface area contributed by atoms with Gasteiger partial charge in [-0.25, -0.2) is 0 Å². The minimum absolute atomic E-state index is 0.0978. The van der Waals surface area contributed by atoms with Gasteiger partial charge in [-0.3, -0.25) is 0 Å². The summed E-state index contributed by atoms with van der Waals surface area (Å²) in [6, 6.07) is 4.96. The quantitative estimate of drug-likeness (QED) is 0.934. The van der Waals surface area contributed by atoms with Crippen molar-refractivity contribution in [2.75, 3.05) is 7.11 Å². The van der Waals surface area contributed by atoms with Crippen molar-refractivity contribution < 1.29 is 14.4 Å². The van der Waals surface area contributed by atoms with E-state index in [2.05, 4.69) is 35.3 Å². The molecule has 4 rings (SSSR count). The molecule has 2 aliphatic carbocycles. The van der Waals surface area contributed by atoms with Gasteiger partial charge in [-0.2, -0.15) is 4.98 Å². The van der Waals surface area contributed by atoms with Crippen LogP contribution in [0.5, 0.6) is 11.5 Å². The van der Waals surface area contributed by atoms with Crippen molar-refractivity contribution in [2.45, 2.75) is 25.2 Å². The number of ether oxygens (including phenoxy) is 1. The summed E-state index contributed by atoms with van der Waals surface area (Å²) in [6.07, 6.45) is 8.46. The molecule has 0 amide bonds.